The summed E-state index contributed by atoms with van der Waals surface area (Å²) in [5.41, 5.74) is 5.24. The van der Waals surface area contributed by atoms with Gasteiger partial charge in [-0.1, -0.05) is 24.9 Å². The Kier molecular flexibility index (Phi) is 4.98. The highest BCUT2D eigenvalue weighted by Crippen LogP contribution is 2.23. The lowest BCUT2D eigenvalue weighted by molar-refractivity contribution is -0.135. The van der Waals surface area contributed by atoms with E-state index in [4.69, 9.17) is 17.3 Å². The normalized spacial score (nSPS) is 14.4. The smallest absolute Gasteiger partial charge is 0.242 e. The van der Waals surface area contributed by atoms with E-state index in [-0.39, 0.29) is 5.91 Å². The van der Waals surface area contributed by atoms with E-state index in [1.807, 2.05) is 19.1 Å². The van der Waals surface area contributed by atoms with Crippen LogP contribution in [-0.2, 0) is 11.3 Å². The number of carbonyl (C=O) groups is 1. The lowest BCUT2D eigenvalue weighted by Gasteiger charge is -2.28. The van der Waals surface area contributed by atoms with E-state index >= 15 is 0 Å². The number of nitrogens with zero attached hydrogens (tertiary/aromatic N) is 1. The summed E-state index contributed by atoms with van der Waals surface area (Å²) in [5.74, 6) is -0.0242. The van der Waals surface area contributed by atoms with Crippen molar-refractivity contribution in [2.24, 2.45) is 5.73 Å². The van der Waals surface area contributed by atoms with Crippen molar-refractivity contribution in [3.05, 3.63) is 21.3 Å². The van der Waals surface area contributed by atoms with Crippen molar-refractivity contribution in [3.8, 4) is 0 Å². The number of likely N-dealkylation sites (N-methyl/N-ethyl adjacent to an activating group) is 1. The summed E-state index contributed by atoms with van der Waals surface area (Å²) in [6.07, 6.45) is 1.60. The molecule has 1 unspecified atom stereocenters. The fourth-order valence-electron chi connectivity index (χ4n) is 1.80. The molecule has 1 amide bonds. The van der Waals surface area contributed by atoms with Gasteiger partial charge in [0.1, 0.15) is 0 Å². The molecule has 96 valence electrons. The Morgan fingerprint density at radius 3 is 2.71 bits per heavy atom. The molecule has 0 radical (unpaired) electrons. The van der Waals surface area contributed by atoms with Crippen LogP contribution in [-0.4, -0.2) is 23.4 Å². The van der Waals surface area contributed by atoms with Gasteiger partial charge in [0.05, 0.1) is 16.4 Å². The van der Waals surface area contributed by atoms with Gasteiger partial charge >= 0.3 is 0 Å². The van der Waals surface area contributed by atoms with Crippen molar-refractivity contribution in [1.82, 2.24) is 4.90 Å². The molecule has 2 N–H and O–H groups in total. The van der Waals surface area contributed by atoms with Crippen LogP contribution in [0.3, 0.4) is 0 Å². The molecule has 3 nitrogen and oxygen atoms in total. The summed E-state index contributed by atoms with van der Waals surface area (Å²) in [6.45, 7) is 4.38. The van der Waals surface area contributed by atoms with Crippen molar-refractivity contribution in [2.45, 2.75) is 38.8 Å². The average Bonchev–Trinajstić information content (AvgIpc) is 2.62. The first-order chi connectivity index (χ1) is 7.86. The lowest BCUT2D eigenvalue weighted by atomic mass is 9.96. The third kappa shape index (κ3) is 3.98. The number of hydrogen-bond donors (Lipinski definition) is 1. The van der Waals surface area contributed by atoms with Gasteiger partial charge < -0.3 is 10.6 Å². The van der Waals surface area contributed by atoms with Crippen LogP contribution >= 0.6 is 22.9 Å². The molecule has 1 aromatic heterocycles. The van der Waals surface area contributed by atoms with Gasteiger partial charge in [-0.25, -0.2) is 0 Å². The van der Waals surface area contributed by atoms with Crippen molar-refractivity contribution in [2.75, 3.05) is 7.05 Å². The maximum atomic E-state index is 12.1. The summed E-state index contributed by atoms with van der Waals surface area (Å²) >= 11 is 7.34. The fourth-order valence-corrected chi connectivity index (χ4v) is 2.95. The second-order valence-corrected chi connectivity index (χ2v) is 6.33. The van der Waals surface area contributed by atoms with Gasteiger partial charge in [0.15, 0.2) is 0 Å². The van der Waals surface area contributed by atoms with Crippen LogP contribution in [0.4, 0.5) is 0 Å². The Bertz CT molecular complexity index is 390. The van der Waals surface area contributed by atoms with Crippen LogP contribution in [0, 0.1) is 0 Å². The quantitative estimate of drug-likeness (QED) is 0.897. The number of hydrogen-bond acceptors (Lipinski definition) is 3. The lowest BCUT2D eigenvalue weighted by Crippen LogP contribution is -2.51. The van der Waals surface area contributed by atoms with E-state index in [2.05, 4.69) is 0 Å². The Balaban J connectivity index is 2.64. The molecule has 0 saturated heterocycles. The highest BCUT2D eigenvalue weighted by atomic mass is 35.5. The number of amides is 1. The maximum absolute atomic E-state index is 12.1. The van der Waals surface area contributed by atoms with E-state index in [9.17, 15) is 4.79 Å². The third-order valence-corrected chi connectivity index (χ3v) is 3.84. The number of carbonyl (C=O) groups excluding carboxylic acids is 1. The van der Waals surface area contributed by atoms with E-state index in [0.717, 1.165) is 15.6 Å². The topological polar surface area (TPSA) is 46.3 Å². The molecule has 0 aliphatic rings. The van der Waals surface area contributed by atoms with Crippen LogP contribution in [0.2, 0.25) is 4.34 Å². The van der Waals surface area contributed by atoms with Gasteiger partial charge in [-0.15, -0.1) is 11.3 Å². The molecule has 0 saturated carbocycles. The van der Waals surface area contributed by atoms with E-state index in [0.29, 0.717) is 13.0 Å². The molecule has 5 heteroatoms. The Labute approximate surface area is 112 Å². The first-order valence-electron chi connectivity index (χ1n) is 5.65. The van der Waals surface area contributed by atoms with Crippen molar-refractivity contribution < 1.29 is 4.79 Å². The second kappa shape index (κ2) is 5.85. The standard InChI is InChI=1S/C12H19ClN2OS/c1-4-7-12(2,14)11(16)15(3)8-9-5-6-10(13)17-9/h5-6H,4,7-8,14H2,1-3H3. The number of halogens is 1. The van der Waals surface area contributed by atoms with Crippen LogP contribution in [0.25, 0.3) is 0 Å². The van der Waals surface area contributed by atoms with Crippen molar-refractivity contribution in [3.63, 3.8) is 0 Å². The number of nitrogens with two attached hydrogens (primary N) is 1. The van der Waals surface area contributed by atoms with Gasteiger partial charge in [-0.2, -0.15) is 0 Å². The molecule has 0 aromatic carbocycles. The van der Waals surface area contributed by atoms with Gasteiger partial charge in [-0.3, -0.25) is 4.79 Å². The Hall–Kier alpha value is -0.580. The molecule has 1 rings (SSSR count). The van der Waals surface area contributed by atoms with Crippen LogP contribution in [0.15, 0.2) is 12.1 Å². The van der Waals surface area contributed by atoms with E-state index < -0.39 is 5.54 Å². The second-order valence-electron chi connectivity index (χ2n) is 4.53. The first-order valence-corrected chi connectivity index (χ1v) is 6.85. The van der Waals surface area contributed by atoms with Crippen LogP contribution in [0.1, 0.15) is 31.6 Å². The largest absolute Gasteiger partial charge is 0.339 e. The van der Waals surface area contributed by atoms with Crippen molar-refractivity contribution >= 4 is 28.8 Å². The van der Waals surface area contributed by atoms with Crippen LogP contribution < -0.4 is 5.73 Å². The zero-order valence-electron chi connectivity index (χ0n) is 10.5. The average molecular weight is 275 g/mol. The molecule has 17 heavy (non-hydrogen) atoms. The minimum atomic E-state index is -0.773. The summed E-state index contributed by atoms with van der Waals surface area (Å²) in [4.78, 5) is 14.9. The first kappa shape index (κ1) is 14.5. The van der Waals surface area contributed by atoms with Crippen molar-refractivity contribution in [1.29, 1.82) is 0 Å². The molecular weight excluding hydrogens is 256 g/mol. The summed E-state index contributed by atoms with van der Waals surface area (Å²) < 4.78 is 0.741. The predicted molar refractivity (Wildman–Crippen MR) is 73.3 cm³/mol. The van der Waals surface area contributed by atoms with Gasteiger partial charge in [-0.05, 0) is 25.5 Å². The highest BCUT2D eigenvalue weighted by molar-refractivity contribution is 7.16. The highest BCUT2D eigenvalue weighted by Gasteiger charge is 2.30. The summed E-state index contributed by atoms with van der Waals surface area (Å²) in [5, 5.41) is 0. The number of rotatable bonds is 5. The fraction of sp³-hybridized carbons (Fsp3) is 0.583. The summed E-state index contributed by atoms with van der Waals surface area (Å²) in [6, 6.07) is 3.78. The molecular formula is C12H19ClN2OS. The molecule has 0 spiro atoms. The van der Waals surface area contributed by atoms with Gasteiger partial charge in [0.25, 0.3) is 0 Å². The molecule has 1 heterocycles. The monoisotopic (exact) mass is 274 g/mol. The Morgan fingerprint density at radius 2 is 2.24 bits per heavy atom. The molecule has 0 fully saturated rings. The minimum absolute atomic E-state index is 0.0242. The summed E-state index contributed by atoms with van der Waals surface area (Å²) in [7, 11) is 1.77. The molecule has 0 aliphatic heterocycles. The zero-order valence-corrected chi connectivity index (χ0v) is 12.1. The molecule has 0 aliphatic carbocycles. The molecule has 0 bridgehead atoms. The Morgan fingerprint density at radius 1 is 1.59 bits per heavy atom. The van der Waals surface area contributed by atoms with Gasteiger partial charge in [0.2, 0.25) is 5.91 Å². The predicted octanol–water partition coefficient (Wildman–Crippen LogP) is 2.88. The number of thiophene rings is 1. The third-order valence-electron chi connectivity index (χ3n) is 2.63. The van der Waals surface area contributed by atoms with Gasteiger partial charge in [0, 0.05) is 11.9 Å². The molecule has 1 aromatic rings. The van der Waals surface area contributed by atoms with E-state index in [1.54, 1.807) is 18.9 Å². The maximum Gasteiger partial charge on any atom is 0.242 e. The zero-order chi connectivity index (χ0) is 13.1. The van der Waals surface area contributed by atoms with E-state index in [1.165, 1.54) is 11.3 Å². The SMILES string of the molecule is CCCC(C)(N)C(=O)N(C)Cc1ccc(Cl)s1. The minimum Gasteiger partial charge on any atom is -0.339 e. The van der Waals surface area contributed by atoms with Crippen LogP contribution in [0.5, 0.6) is 0 Å². The molecule has 1 atom stereocenters.